The average molecular weight is 587 g/mol. The predicted molar refractivity (Wildman–Crippen MR) is 138 cm³/mol. The van der Waals surface area contributed by atoms with Crippen LogP contribution in [0.5, 0.6) is 5.75 Å². The van der Waals surface area contributed by atoms with Crippen LogP contribution in [0.4, 0.5) is 9.18 Å². The molecule has 2 amide bonds. The van der Waals surface area contributed by atoms with Gasteiger partial charge in [-0.3, -0.25) is 14.5 Å². The lowest BCUT2D eigenvalue weighted by molar-refractivity contribution is -0.123. The zero-order valence-corrected chi connectivity index (χ0v) is 22.2. The summed E-state index contributed by atoms with van der Waals surface area (Å²) in [7, 11) is -4.21. The maximum Gasteiger partial charge on any atom is 0.339 e. The first-order valence-corrected chi connectivity index (χ1v) is 13.5. The van der Waals surface area contributed by atoms with Gasteiger partial charge >= 0.3 is 10.1 Å². The van der Waals surface area contributed by atoms with Crippen LogP contribution >= 0.6 is 46.6 Å². The number of carbonyl (C=O) groups excluding carboxylic acids is 2. The Kier molecular flexibility index (Phi) is 7.68. The summed E-state index contributed by atoms with van der Waals surface area (Å²) in [6.07, 6.45) is 1.36. The fourth-order valence-electron chi connectivity index (χ4n) is 3.23. The van der Waals surface area contributed by atoms with Gasteiger partial charge in [-0.2, -0.15) is 8.42 Å². The van der Waals surface area contributed by atoms with E-state index in [4.69, 9.17) is 39.0 Å². The van der Waals surface area contributed by atoms with E-state index in [0.29, 0.717) is 17.3 Å². The summed E-state index contributed by atoms with van der Waals surface area (Å²) in [5.74, 6) is -1.57. The van der Waals surface area contributed by atoms with Crippen molar-refractivity contribution in [3.05, 3.63) is 97.1 Å². The molecule has 36 heavy (non-hydrogen) atoms. The summed E-state index contributed by atoms with van der Waals surface area (Å²) < 4.78 is 44.5. The molecule has 1 aliphatic heterocycles. The van der Waals surface area contributed by atoms with E-state index in [1.165, 1.54) is 48.5 Å². The Morgan fingerprint density at radius 3 is 2.25 bits per heavy atom. The van der Waals surface area contributed by atoms with Crippen molar-refractivity contribution in [1.82, 2.24) is 4.90 Å². The van der Waals surface area contributed by atoms with Gasteiger partial charge in [0.2, 0.25) is 0 Å². The van der Waals surface area contributed by atoms with Crippen molar-refractivity contribution in [2.24, 2.45) is 0 Å². The number of carbonyl (C=O) groups is 2. The number of hydrogen-bond donors (Lipinski definition) is 0. The molecule has 0 unspecified atom stereocenters. The molecular formula is C24H15Cl3FNO5S2. The molecule has 0 N–H and O–H groups in total. The van der Waals surface area contributed by atoms with Crippen molar-refractivity contribution in [2.45, 2.75) is 18.4 Å². The first-order chi connectivity index (χ1) is 17.0. The van der Waals surface area contributed by atoms with E-state index in [2.05, 4.69) is 0 Å². The Morgan fingerprint density at radius 1 is 1.00 bits per heavy atom. The minimum Gasteiger partial charge on any atom is -0.376 e. The van der Waals surface area contributed by atoms with Crippen LogP contribution in [-0.2, 0) is 21.5 Å². The number of aryl methyl sites for hydroxylation is 1. The topological polar surface area (TPSA) is 80.8 Å². The lowest BCUT2D eigenvalue weighted by Gasteiger charge is -2.14. The van der Waals surface area contributed by atoms with Crippen LogP contribution in [0.2, 0.25) is 15.1 Å². The second-order valence-corrected chi connectivity index (χ2v) is 11.4. The van der Waals surface area contributed by atoms with E-state index in [0.717, 1.165) is 10.5 Å². The molecule has 0 aromatic heterocycles. The smallest absolute Gasteiger partial charge is 0.339 e. The molecule has 0 atom stereocenters. The highest BCUT2D eigenvalue weighted by atomic mass is 35.5. The van der Waals surface area contributed by atoms with Crippen molar-refractivity contribution in [3.63, 3.8) is 0 Å². The van der Waals surface area contributed by atoms with Gasteiger partial charge in [-0.05, 0) is 66.7 Å². The lowest BCUT2D eigenvalue weighted by atomic mass is 10.2. The van der Waals surface area contributed by atoms with Gasteiger partial charge in [-0.1, -0.05) is 58.6 Å². The summed E-state index contributed by atoms with van der Waals surface area (Å²) in [6, 6.07) is 12.8. The molecule has 6 nitrogen and oxygen atoms in total. The van der Waals surface area contributed by atoms with Gasteiger partial charge in [0.15, 0.2) is 5.75 Å². The monoisotopic (exact) mass is 585 g/mol. The van der Waals surface area contributed by atoms with Crippen LogP contribution in [0.3, 0.4) is 0 Å². The van der Waals surface area contributed by atoms with Crippen molar-refractivity contribution >= 4 is 73.9 Å². The van der Waals surface area contributed by atoms with E-state index in [1.807, 2.05) is 6.92 Å². The molecule has 0 radical (unpaired) electrons. The van der Waals surface area contributed by atoms with Crippen LogP contribution in [0.1, 0.15) is 16.7 Å². The van der Waals surface area contributed by atoms with Gasteiger partial charge < -0.3 is 4.18 Å². The Labute approximate surface area is 225 Å². The normalized spacial score (nSPS) is 15.1. The SMILES string of the molecule is Cc1ccc(S(=O)(=O)Oc2c(Cl)cc(/C=C3\SC(=O)N(Cc4c(F)cccc4Cl)C3=O)cc2Cl)cc1. The maximum absolute atomic E-state index is 14.1. The number of imide groups is 1. The Morgan fingerprint density at radius 2 is 1.64 bits per heavy atom. The molecule has 1 heterocycles. The Balaban J connectivity index is 1.58. The zero-order valence-electron chi connectivity index (χ0n) is 18.3. The van der Waals surface area contributed by atoms with Crippen LogP contribution in [0.15, 0.2) is 64.4 Å². The molecule has 1 aliphatic rings. The van der Waals surface area contributed by atoms with Crippen LogP contribution in [0, 0.1) is 12.7 Å². The van der Waals surface area contributed by atoms with Gasteiger partial charge in [-0.25, -0.2) is 4.39 Å². The largest absolute Gasteiger partial charge is 0.376 e. The lowest BCUT2D eigenvalue weighted by Crippen LogP contribution is -2.28. The third-order valence-electron chi connectivity index (χ3n) is 5.07. The standard InChI is InChI=1S/C24H15Cl3FNO5S2/c1-13-5-7-15(8-6-13)36(32,33)34-22-18(26)9-14(10-19(22)27)11-21-23(30)29(24(31)35-21)12-16-17(25)3-2-4-20(16)28/h2-11H,12H2,1H3/b21-11-. The number of rotatable bonds is 6. The summed E-state index contributed by atoms with van der Waals surface area (Å²) in [4.78, 5) is 26.1. The molecule has 0 bridgehead atoms. The number of amides is 2. The third-order valence-corrected chi connectivity index (χ3v) is 8.13. The molecule has 1 saturated heterocycles. The molecule has 1 fully saturated rings. The van der Waals surface area contributed by atoms with Gasteiger partial charge in [-0.15, -0.1) is 0 Å². The quantitative estimate of drug-likeness (QED) is 0.226. The van der Waals surface area contributed by atoms with Crippen LogP contribution in [-0.4, -0.2) is 24.5 Å². The fraction of sp³-hybridized carbons (Fsp3) is 0.0833. The number of hydrogen-bond acceptors (Lipinski definition) is 6. The molecule has 12 heteroatoms. The molecule has 0 saturated carbocycles. The number of benzene rings is 3. The summed E-state index contributed by atoms with van der Waals surface area (Å²) in [5.41, 5.74) is 1.21. The second-order valence-electron chi connectivity index (χ2n) is 7.63. The van der Waals surface area contributed by atoms with E-state index >= 15 is 0 Å². The van der Waals surface area contributed by atoms with E-state index in [1.54, 1.807) is 12.1 Å². The highest BCUT2D eigenvalue weighted by Gasteiger charge is 2.36. The molecular weight excluding hydrogens is 572 g/mol. The van der Waals surface area contributed by atoms with Gasteiger partial charge in [0, 0.05) is 10.6 Å². The summed E-state index contributed by atoms with van der Waals surface area (Å²) in [5, 5.41) is -0.761. The average Bonchev–Trinajstić information content (AvgIpc) is 3.06. The van der Waals surface area contributed by atoms with Crippen LogP contribution < -0.4 is 4.18 Å². The second kappa shape index (κ2) is 10.4. The zero-order chi connectivity index (χ0) is 26.2. The van der Waals surface area contributed by atoms with Crippen molar-refractivity contribution in [1.29, 1.82) is 0 Å². The van der Waals surface area contributed by atoms with E-state index < -0.39 is 27.1 Å². The molecule has 4 rings (SSSR count). The molecule has 186 valence electrons. The van der Waals surface area contributed by atoms with Crippen LogP contribution in [0.25, 0.3) is 6.08 Å². The van der Waals surface area contributed by atoms with Crippen molar-refractivity contribution in [2.75, 3.05) is 0 Å². The van der Waals surface area contributed by atoms with Gasteiger partial charge in [0.05, 0.1) is 21.5 Å². The number of nitrogens with zero attached hydrogens (tertiary/aromatic N) is 1. The summed E-state index contributed by atoms with van der Waals surface area (Å²) >= 11 is 19.2. The van der Waals surface area contributed by atoms with E-state index in [9.17, 15) is 22.4 Å². The Bertz CT molecular complexity index is 1480. The minimum atomic E-state index is -4.21. The summed E-state index contributed by atoms with van der Waals surface area (Å²) in [6.45, 7) is 1.48. The first kappa shape index (κ1) is 26.5. The van der Waals surface area contributed by atoms with Gasteiger partial charge in [0.25, 0.3) is 11.1 Å². The Hall–Kier alpha value is -2.56. The minimum absolute atomic E-state index is 0.0186. The molecule has 0 aliphatic carbocycles. The maximum atomic E-state index is 14.1. The number of thioether (sulfide) groups is 1. The van der Waals surface area contributed by atoms with E-state index in [-0.39, 0.29) is 42.7 Å². The predicted octanol–water partition coefficient (Wildman–Crippen LogP) is 7.10. The highest BCUT2D eigenvalue weighted by molar-refractivity contribution is 8.18. The molecule has 0 spiro atoms. The fourth-order valence-corrected chi connectivity index (χ4v) is 5.93. The molecule has 3 aromatic rings. The third kappa shape index (κ3) is 5.55. The van der Waals surface area contributed by atoms with Crippen molar-refractivity contribution in [3.8, 4) is 5.75 Å². The first-order valence-electron chi connectivity index (χ1n) is 10.1. The van der Waals surface area contributed by atoms with Crippen molar-refractivity contribution < 1.29 is 26.6 Å². The molecule has 3 aromatic carbocycles. The highest BCUT2D eigenvalue weighted by Crippen LogP contribution is 2.39. The number of halogens is 4. The van der Waals surface area contributed by atoms with Gasteiger partial charge in [0.1, 0.15) is 10.7 Å².